The SMILES string of the molecule is COc1ccnc(CNc2cc[nH]c(=O)c2-c2nc3c(C)cc(-n4ccnc4)cc3[nH]2)c1. The van der Waals surface area contributed by atoms with Gasteiger partial charge < -0.3 is 24.6 Å². The Morgan fingerprint density at radius 3 is 2.91 bits per heavy atom. The minimum atomic E-state index is -0.236. The van der Waals surface area contributed by atoms with E-state index >= 15 is 0 Å². The van der Waals surface area contributed by atoms with Crippen molar-refractivity contribution in [1.82, 2.24) is 29.5 Å². The highest BCUT2D eigenvalue weighted by Gasteiger charge is 2.16. The summed E-state index contributed by atoms with van der Waals surface area (Å²) in [4.78, 5) is 32.0. The molecule has 5 aromatic rings. The number of pyridine rings is 2. The van der Waals surface area contributed by atoms with Crippen LogP contribution in [-0.2, 0) is 6.54 Å². The maximum absolute atomic E-state index is 12.8. The van der Waals surface area contributed by atoms with Crippen molar-refractivity contribution < 1.29 is 4.74 Å². The monoisotopic (exact) mass is 427 g/mol. The molecule has 1 aromatic carbocycles. The van der Waals surface area contributed by atoms with Crippen LogP contribution in [0.15, 0.2) is 66.2 Å². The van der Waals surface area contributed by atoms with Crippen LogP contribution in [0.2, 0.25) is 0 Å². The average molecular weight is 427 g/mol. The highest BCUT2D eigenvalue weighted by Crippen LogP contribution is 2.27. The molecule has 160 valence electrons. The molecule has 32 heavy (non-hydrogen) atoms. The Hall–Kier alpha value is -4.40. The molecular weight excluding hydrogens is 406 g/mol. The van der Waals surface area contributed by atoms with Crippen LogP contribution in [0.5, 0.6) is 5.75 Å². The number of aryl methyl sites for hydroxylation is 1. The minimum absolute atomic E-state index is 0.236. The van der Waals surface area contributed by atoms with Gasteiger partial charge in [0, 0.05) is 36.5 Å². The van der Waals surface area contributed by atoms with Crippen LogP contribution < -0.4 is 15.6 Å². The zero-order valence-electron chi connectivity index (χ0n) is 17.6. The molecule has 0 spiro atoms. The number of fused-ring (bicyclic) bond motifs is 1. The molecule has 9 nitrogen and oxygen atoms in total. The summed E-state index contributed by atoms with van der Waals surface area (Å²) >= 11 is 0. The molecule has 0 aliphatic rings. The van der Waals surface area contributed by atoms with Crippen molar-refractivity contribution >= 4 is 16.7 Å². The lowest BCUT2D eigenvalue weighted by atomic mass is 10.2. The highest BCUT2D eigenvalue weighted by atomic mass is 16.5. The fourth-order valence-corrected chi connectivity index (χ4v) is 3.68. The first-order valence-electron chi connectivity index (χ1n) is 10.1. The Balaban J connectivity index is 1.53. The number of methoxy groups -OCH3 is 1. The zero-order valence-corrected chi connectivity index (χ0v) is 17.6. The highest BCUT2D eigenvalue weighted by molar-refractivity contribution is 5.86. The number of nitrogens with one attached hydrogen (secondary N) is 3. The topological polar surface area (TPSA) is 114 Å². The zero-order chi connectivity index (χ0) is 22.1. The van der Waals surface area contributed by atoms with Crippen molar-refractivity contribution in [2.24, 2.45) is 0 Å². The van der Waals surface area contributed by atoms with E-state index in [4.69, 9.17) is 9.72 Å². The third-order valence-corrected chi connectivity index (χ3v) is 5.25. The molecule has 0 saturated heterocycles. The van der Waals surface area contributed by atoms with Gasteiger partial charge in [-0.1, -0.05) is 0 Å². The van der Waals surface area contributed by atoms with Gasteiger partial charge in [0.15, 0.2) is 0 Å². The lowest BCUT2D eigenvalue weighted by molar-refractivity contribution is 0.413. The summed E-state index contributed by atoms with van der Waals surface area (Å²) in [7, 11) is 1.61. The van der Waals surface area contributed by atoms with E-state index in [-0.39, 0.29) is 5.56 Å². The van der Waals surface area contributed by atoms with Gasteiger partial charge in [0.25, 0.3) is 5.56 Å². The summed E-state index contributed by atoms with van der Waals surface area (Å²) in [5, 5.41) is 3.30. The summed E-state index contributed by atoms with van der Waals surface area (Å²) in [6, 6.07) is 9.48. The van der Waals surface area contributed by atoms with Crippen LogP contribution in [0.1, 0.15) is 11.3 Å². The van der Waals surface area contributed by atoms with Crippen molar-refractivity contribution in [2.45, 2.75) is 13.5 Å². The number of benzene rings is 1. The van der Waals surface area contributed by atoms with Crippen molar-refractivity contribution in [3.63, 3.8) is 0 Å². The molecule has 5 rings (SSSR count). The molecule has 0 saturated carbocycles. The van der Waals surface area contributed by atoms with Gasteiger partial charge >= 0.3 is 0 Å². The van der Waals surface area contributed by atoms with Gasteiger partial charge in [-0.3, -0.25) is 9.78 Å². The van der Waals surface area contributed by atoms with Crippen molar-refractivity contribution in [3.8, 4) is 22.8 Å². The van der Waals surface area contributed by atoms with Gasteiger partial charge in [0.2, 0.25) is 0 Å². The van der Waals surface area contributed by atoms with Gasteiger partial charge in [-0.2, -0.15) is 0 Å². The van der Waals surface area contributed by atoms with Crippen LogP contribution in [0.3, 0.4) is 0 Å². The number of anilines is 1. The molecule has 0 aliphatic heterocycles. The molecule has 9 heteroatoms. The maximum Gasteiger partial charge on any atom is 0.261 e. The lowest BCUT2D eigenvalue weighted by Gasteiger charge is -2.10. The fourth-order valence-electron chi connectivity index (χ4n) is 3.68. The second-order valence-corrected chi connectivity index (χ2v) is 7.35. The average Bonchev–Trinajstić information content (AvgIpc) is 3.48. The van der Waals surface area contributed by atoms with Crippen LogP contribution >= 0.6 is 0 Å². The summed E-state index contributed by atoms with van der Waals surface area (Å²) in [6.45, 7) is 2.42. The number of hydrogen-bond acceptors (Lipinski definition) is 6. The molecule has 4 aromatic heterocycles. The van der Waals surface area contributed by atoms with E-state index < -0.39 is 0 Å². The number of imidazole rings is 2. The Morgan fingerprint density at radius 1 is 1.19 bits per heavy atom. The third kappa shape index (κ3) is 3.60. The summed E-state index contributed by atoms with van der Waals surface area (Å²) < 4.78 is 7.18. The molecule has 0 radical (unpaired) electrons. The van der Waals surface area contributed by atoms with E-state index in [0.717, 1.165) is 33.7 Å². The van der Waals surface area contributed by atoms with E-state index in [2.05, 4.69) is 25.3 Å². The number of H-pyrrole nitrogens is 2. The molecule has 3 N–H and O–H groups in total. The van der Waals surface area contributed by atoms with E-state index in [9.17, 15) is 4.79 Å². The largest absolute Gasteiger partial charge is 0.497 e. The van der Waals surface area contributed by atoms with Gasteiger partial charge in [0.1, 0.15) is 17.1 Å². The smallest absolute Gasteiger partial charge is 0.261 e. The van der Waals surface area contributed by atoms with E-state index in [1.54, 1.807) is 38.1 Å². The quantitative estimate of drug-likeness (QED) is 0.383. The molecule has 0 amide bonds. The van der Waals surface area contributed by atoms with Gasteiger partial charge in [0.05, 0.1) is 42.4 Å². The Labute approximate surface area is 183 Å². The normalized spacial score (nSPS) is 11.1. The summed E-state index contributed by atoms with van der Waals surface area (Å²) in [5.41, 5.74) is 5.27. The maximum atomic E-state index is 12.8. The second kappa shape index (κ2) is 8.03. The van der Waals surface area contributed by atoms with Crippen LogP contribution in [0, 0.1) is 6.92 Å². The number of aromatic amines is 2. The van der Waals surface area contributed by atoms with Gasteiger partial charge in [-0.25, -0.2) is 9.97 Å². The first-order valence-corrected chi connectivity index (χ1v) is 10.1. The molecule has 0 unspecified atom stereocenters. The predicted molar refractivity (Wildman–Crippen MR) is 122 cm³/mol. The van der Waals surface area contributed by atoms with E-state index in [0.29, 0.717) is 23.6 Å². The van der Waals surface area contributed by atoms with Crippen molar-refractivity contribution in [1.29, 1.82) is 0 Å². The number of nitrogens with zero attached hydrogens (tertiary/aromatic N) is 4. The first-order chi connectivity index (χ1) is 15.6. The van der Waals surface area contributed by atoms with Crippen molar-refractivity contribution in [2.75, 3.05) is 12.4 Å². The molecule has 0 aliphatic carbocycles. The minimum Gasteiger partial charge on any atom is -0.497 e. The number of hydrogen-bond donors (Lipinski definition) is 3. The summed E-state index contributed by atoms with van der Waals surface area (Å²) in [5.74, 6) is 1.22. The first kappa shape index (κ1) is 19.6. The Bertz CT molecular complexity index is 1450. The standard InChI is InChI=1S/C23H21N7O2/c1-14-9-16(30-8-7-24-13-30)11-19-21(14)29-22(28-19)20-18(4-6-26-23(20)31)27-12-15-10-17(32-2)3-5-25-15/h3-11,13H,12H2,1-2H3,(H,28,29)(H2,26,27,31). The van der Waals surface area contributed by atoms with Crippen molar-refractivity contribution in [3.05, 3.63) is 83.1 Å². The number of aromatic nitrogens is 6. The van der Waals surface area contributed by atoms with Crippen LogP contribution in [0.25, 0.3) is 28.1 Å². The number of ether oxygens (including phenoxy) is 1. The second-order valence-electron chi connectivity index (χ2n) is 7.35. The molecule has 4 heterocycles. The third-order valence-electron chi connectivity index (χ3n) is 5.25. The van der Waals surface area contributed by atoms with Crippen LogP contribution in [-0.4, -0.2) is 36.6 Å². The Kier molecular flexibility index (Phi) is 4.91. The fraction of sp³-hybridized carbons (Fsp3) is 0.130. The predicted octanol–water partition coefficient (Wildman–Crippen LogP) is 3.43. The van der Waals surface area contributed by atoms with E-state index in [1.165, 1.54) is 0 Å². The van der Waals surface area contributed by atoms with Gasteiger partial charge in [-0.15, -0.1) is 0 Å². The Morgan fingerprint density at radius 2 is 2.09 bits per heavy atom. The summed E-state index contributed by atoms with van der Waals surface area (Å²) in [6.07, 6.45) is 8.66. The molecular formula is C23H21N7O2. The van der Waals surface area contributed by atoms with Gasteiger partial charge in [-0.05, 0) is 36.8 Å². The molecule has 0 fully saturated rings. The molecule has 0 bridgehead atoms. The lowest BCUT2D eigenvalue weighted by Crippen LogP contribution is -2.13. The molecule has 0 atom stereocenters. The van der Waals surface area contributed by atoms with Crippen LogP contribution in [0.4, 0.5) is 5.69 Å². The number of rotatable bonds is 6. The van der Waals surface area contributed by atoms with E-state index in [1.807, 2.05) is 42.0 Å².